The summed E-state index contributed by atoms with van der Waals surface area (Å²) in [6, 6.07) is 18.3. The molecule has 0 amide bonds. The maximum atomic E-state index is 5.95. The molecule has 0 fully saturated rings. The van der Waals surface area contributed by atoms with Crippen molar-refractivity contribution >= 4 is 17.8 Å². The second-order valence-corrected chi connectivity index (χ2v) is 4.93. The van der Waals surface area contributed by atoms with Gasteiger partial charge in [0, 0.05) is 17.5 Å². The van der Waals surface area contributed by atoms with Crippen molar-refractivity contribution < 1.29 is 4.84 Å². The normalized spacial score (nSPS) is 14.4. The van der Waals surface area contributed by atoms with Gasteiger partial charge in [-0.1, -0.05) is 48.5 Å². The Balaban J connectivity index is 1.92. The minimum absolute atomic E-state index is 0.731. The van der Waals surface area contributed by atoms with E-state index in [-0.39, 0.29) is 0 Å². The molecule has 1 aliphatic rings. The number of para-hydroxylation sites is 1. The molecule has 1 aliphatic heterocycles. The van der Waals surface area contributed by atoms with Crippen molar-refractivity contribution in [3.63, 3.8) is 0 Å². The van der Waals surface area contributed by atoms with E-state index in [2.05, 4.69) is 22.6 Å². The van der Waals surface area contributed by atoms with Gasteiger partial charge in [-0.25, -0.2) is 0 Å². The van der Waals surface area contributed by atoms with E-state index in [1.165, 1.54) is 11.9 Å². The summed E-state index contributed by atoms with van der Waals surface area (Å²) in [7, 11) is 0. The Morgan fingerprint density at radius 2 is 1.79 bits per heavy atom. The smallest absolute Gasteiger partial charge is 0.163 e. The quantitative estimate of drug-likeness (QED) is 0.788. The highest BCUT2D eigenvalue weighted by molar-refractivity contribution is 7.98. The average Bonchev–Trinajstić information content (AvgIpc) is 2.86. The molecule has 0 unspecified atom stereocenters. The Bertz CT molecular complexity index is 598. The molecule has 0 bridgehead atoms. The van der Waals surface area contributed by atoms with E-state index in [0.717, 1.165) is 28.6 Å². The highest BCUT2D eigenvalue weighted by Gasteiger charge is 2.17. The van der Waals surface area contributed by atoms with Crippen LogP contribution in [0.2, 0.25) is 0 Å². The second-order valence-electron chi connectivity index (χ2n) is 4.23. The minimum atomic E-state index is 0.731. The fourth-order valence-electron chi connectivity index (χ4n) is 1.93. The standard InChI is InChI=1S/C15H14N2OS/c1-12-16-19-11-17(12)18-15-10-6-5-9-14(15)13-7-3-2-4-8-13/h2-10H,11H2,1H3. The summed E-state index contributed by atoms with van der Waals surface area (Å²) in [6.07, 6.45) is 0. The molecule has 96 valence electrons. The SMILES string of the molecule is CC1=NSCN1Oc1ccccc1-c1ccccc1. The zero-order chi connectivity index (χ0) is 13.1. The van der Waals surface area contributed by atoms with Crippen LogP contribution in [0.4, 0.5) is 0 Å². The number of hydroxylamine groups is 2. The lowest BCUT2D eigenvalue weighted by atomic mass is 10.1. The predicted octanol–water partition coefficient (Wildman–Crippen LogP) is 3.99. The fourth-order valence-corrected chi connectivity index (χ4v) is 2.61. The van der Waals surface area contributed by atoms with Crippen LogP contribution >= 0.6 is 11.9 Å². The first kappa shape index (κ1) is 12.1. The van der Waals surface area contributed by atoms with Gasteiger partial charge in [-0.05, 0) is 18.6 Å². The summed E-state index contributed by atoms with van der Waals surface area (Å²) in [6.45, 7) is 1.95. The van der Waals surface area contributed by atoms with Crippen molar-refractivity contribution in [3.05, 3.63) is 54.6 Å². The number of amidine groups is 1. The molecule has 0 aliphatic carbocycles. The first-order valence-corrected chi connectivity index (χ1v) is 7.05. The monoisotopic (exact) mass is 270 g/mol. The van der Waals surface area contributed by atoms with Crippen molar-refractivity contribution in [2.24, 2.45) is 4.40 Å². The molecule has 3 nitrogen and oxygen atoms in total. The molecule has 0 saturated heterocycles. The fraction of sp³-hybridized carbons (Fsp3) is 0.133. The van der Waals surface area contributed by atoms with Gasteiger partial charge in [-0.15, -0.1) is 0 Å². The highest BCUT2D eigenvalue weighted by Crippen LogP contribution is 2.31. The minimum Gasteiger partial charge on any atom is -0.377 e. The molecular weight excluding hydrogens is 256 g/mol. The van der Waals surface area contributed by atoms with Gasteiger partial charge in [0.25, 0.3) is 0 Å². The Hall–Kier alpha value is -1.94. The number of hydrogen-bond donors (Lipinski definition) is 0. The first-order valence-electron chi connectivity index (χ1n) is 6.11. The van der Waals surface area contributed by atoms with Gasteiger partial charge < -0.3 is 4.84 Å². The molecule has 0 spiro atoms. The molecular formula is C15H14N2OS. The predicted molar refractivity (Wildman–Crippen MR) is 79.9 cm³/mol. The van der Waals surface area contributed by atoms with E-state index in [0.29, 0.717) is 0 Å². The van der Waals surface area contributed by atoms with Gasteiger partial charge in [-0.2, -0.15) is 9.46 Å². The van der Waals surface area contributed by atoms with E-state index < -0.39 is 0 Å². The molecule has 2 aromatic carbocycles. The summed E-state index contributed by atoms with van der Waals surface area (Å²) in [5.41, 5.74) is 2.24. The molecule has 1 heterocycles. The summed E-state index contributed by atoms with van der Waals surface area (Å²) >= 11 is 1.50. The highest BCUT2D eigenvalue weighted by atomic mass is 32.2. The molecule has 4 heteroatoms. The third-order valence-corrected chi connectivity index (χ3v) is 3.66. The molecule has 0 radical (unpaired) electrons. The van der Waals surface area contributed by atoms with Gasteiger partial charge >= 0.3 is 0 Å². The van der Waals surface area contributed by atoms with Crippen molar-refractivity contribution in [2.75, 3.05) is 5.88 Å². The maximum Gasteiger partial charge on any atom is 0.163 e. The molecule has 0 atom stereocenters. The molecule has 0 N–H and O–H groups in total. The zero-order valence-corrected chi connectivity index (χ0v) is 11.4. The van der Waals surface area contributed by atoms with E-state index in [4.69, 9.17) is 4.84 Å². The van der Waals surface area contributed by atoms with Gasteiger partial charge in [0.15, 0.2) is 5.75 Å². The van der Waals surface area contributed by atoms with Gasteiger partial charge in [0.05, 0.1) is 0 Å². The summed E-state index contributed by atoms with van der Waals surface area (Å²) in [5, 5.41) is 1.81. The third-order valence-electron chi connectivity index (χ3n) is 2.91. The lowest BCUT2D eigenvalue weighted by Crippen LogP contribution is -2.28. The third kappa shape index (κ3) is 2.58. The lowest BCUT2D eigenvalue weighted by molar-refractivity contribution is 0.0435. The summed E-state index contributed by atoms with van der Waals surface area (Å²) < 4.78 is 4.25. The van der Waals surface area contributed by atoms with Crippen LogP contribution in [0.3, 0.4) is 0 Å². The summed E-state index contributed by atoms with van der Waals surface area (Å²) in [4.78, 5) is 5.95. The Labute approximate surface area is 117 Å². The topological polar surface area (TPSA) is 24.8 Å². The zero-order valence-electron chi connectivity index (χ0n) is 10.6. The molecule has 0 aromatic heterocycles. The van der Waals surface area contributed by atoms with E-state index in [1.807, 2.05) is 48.4 Å². The van der Waals surface area contributed by atoms with Crippen molar-refractivity contribution in [3.8, 4) is 16.9 Å². The van der Waals surface area contributed by atoms with Crippen LogP contribution in [0, 0.1) is 0 Å². The number of nitrogens with zero attached hydrogens (tertiary/aromatic N) is 2. The van der Waals surface area contributed by atoms with Crippen LogP contribution in [-0.2, 0) is 0 Å². The van der Waals surface area contributed by atoms with Crippen LogP contribution in [0.5, 0.6) is 5.75 Å². The maximum absolute atomic E-state index is 5.95. The van der Waals surface area contributed by atoms with E-state index in [9.17, 15) is 0 Å². The van der Waals surface area contributed by atoms with Gasteiger partial charge in [0.1, 0.15) is 11.7 Å². The Morgan fingerprint density at radius 3 is 2.53 bits per heavy atom. The second kappa shape index (κ2) is 5.36. The lowest BCUT2D eigenvalue weighted by Gasteiger charge is -2.19. The molecule has 3 rings (SSSR count). The Kier molecular flexibility index (Phi) is 3.42. The van der Waals surface area contributed by atoms with Gasteiger partial charge in [-0.3, -0.25) is 0 Å². The van der Waals surface area contributed by atoms with E-state index >= 15 is 0 Å². The van der Waals surface area contributed by atoms with Crippen molar-refractivity contribution in [1.82, 2.24) is 5.06 Å². The first-order chi connectivity index (χ1) is 9.34. The molecule has 19 heavy (non-hydrogen) atoms. The summed E-state index contributed by atoms with van der Waals surface area (Å²) in [5.74, 6) is 2.48. The van der Waals surface area contributed by atoms with Crippen LogP contribution in [0.15, 0.2) is 59.0 Å². The van der Waals surface area contributed by atoms with Crippen molar-refractivity contribution in [1.29, 1.82) is 0 Å². The Morgan fingerprint density at radius 1 is 1.05 bits per heavy atom. The average molecular weight is 270 g/mol. The molecule has 0 saturated carbocycles. The van der Waals surface area contributed by atoms with Crippen LogP contribution in [-0.4, -0.2) is 16.8 Å². The van der Waals surface area contributed by atoms with Gasteiger partial charge in [0.2, 0.25) is 0 Å². The van der Waals surface area contributed by atoms with Crippen LogP contribution in [0.1, 0.15) is 6.92 Å². The largest absolute Gasteiger partial charge is 0.377 e. The number of benzene rings is 2. The van der Waals surface area contributed by atoms with Crippen LogP contribution < -0.4 is 4.84 Å². The van der Waals surface area contributed by atoms with Crippen LogP contribution in [0.25, 0.3) is 11.1 Å². The number of hydrogen-bond acceptors (Lipinski definition) is 4. The number of rotatable bonds is 3. The van der Waals surface area contributed by atoms with Crippen molar-refractivity contribution in [2.45, 2.75) is 6.92 Å². The molecule has 2 aromatic rings. The van der Waals surface area contributed by atoms with E-state index in [1.54, 1.807) is 0 Å².